The van der Waals surface area contributed by atoms with Crippen LogP contribution in [-0.2, 0) is 6.54 Å². The van der Waals surface area contributed by atoms with Crippen LogP contribution >= 0.6 is 12.2 Å². The van der Waals surface area contributed by atoms with Crippen LogP contribution in [0, 0.1) is 0 Å². The van der Waals surface area contributed by atoms with E-state index in [0.29, 0.717) is 11.7 Å². The number of ether oxygens (including phenoxy) is 1. The molecule has 0 fully saturated rings. The van der Waals surface area contributed by atoms with Crippen LogP contribution in [0.15, 0.2) is 53.8 Å². The molecule has 5 nitrogen and oxygen atoms in total. The predicted molar refractivity (Wildman–Crippen MR) is 92.0 cm³/mol. The van der Waals surface area contributed by atoms with Crippen LogP contribution in [0.1, 0.15) is 18.2 Å². The predicted octanol–water partition coefficient (Wildman–Crippen LogP) is 2.48. The van der Waals surface area contributed by atoms with E-state index in [9.17, 15) is 0 Å². The molecular weight excluding hydrogens is 296 g/mol. The van der Waals surface area contributed by atoms with Gasteiger partial charge in [-0.1, -0.05) is 24.3 Å². The Bertz CT molecular complexity index is 658. The van der Waals surface area contributed by atoms with Crippen molar-refractivity contribution >= 4 is 23.0 Å². The van der Waals surface area contributed by atoms with E-state index in [0.717, 1.165) is 22.7 Å². The number of nitrogens with zero attached hydrogens (tertiary/aromatic N) is 2. The summed E-state index contributed by atoms with van der Waals surface area (Å²) in [5.41, 5.74) is 5.42. The Morgan fingerprint density at radius 1 is 1.23 bits per heavy atom. The van der Waals surface area contributed by atoms with Crippen LogP contribution < -0.4 is 15.5 Å². The Kier molecular flexibility index (Phi) is 5.85. The molecule has 114 valence electrons. The minimum atomic E-state index is 0.446. The van der Waals surface area contributed by atoms with Gasteiger partial charge >= 0.3 is 0 Å². The second-order valence-corrected chi connectivity index (χ2v) is 4.93. The first-order valence-corrected chi connectivity index (χ1v) is 7.23. The Morgan fingerprint density at radius 3 is 2.73 bits per heavy atom. The fourth-order valence-electron chi connectivity index (χ4n) is 1.83. The molecule has 0 atom stereocenters. The van der Waals surface area contributed by atoms with Crippen molar-refractivity contribution in [3.63, 3.8) is 0 Å². The Morgan fingerprint density at radius 2 is 2.00 bits per heavy atom. The van der Waals surface area contributed by atoms with Gasteiger partial charge in [0, 0.05) is 18.3 Å². The van der Waals surface area contributed by atoms with E-state index in [2.05, 4.69) is 20.8 Å². The number of hydrogen-bond acceptors (Lipinski definition) is 4. The molecule has 0 radical (unpaired) electrons. The number of methoxy groups -OCH3 is 1. The van der Waals surface area contributed by atoms with Crippen molar-refractivity contribution in [1.82, 2.24) is 15.7 Å². The number of hydrazone groups is 1. The van der Waals surface area contributed by atoms with Crippen molar-refractivity contribution in [3.8, 4) is 5.75 Å². The number of hydrogen-bond donors (Lipinski definition) is 2. The van der Waals surface area contributed by atoms with E-state index in [4.69, 9.17) is 17.0 Å². The number of thiocarbonyl (C=S) groups is 1. The Hall–Kier alpha value is -2.47. The summed E-state index contributed by atoms with van der Waals surface area (Å²) in [5.74, 6) is 0.825. The number of rotatable bonds is 5. The lowest BCUT2D eigenvalue weighted by molar-refractivity contribution is 0.409. The Balaban J connectivity index is 1.88. The lowest BCUT2D eigenvalue weighted by atomic mass is 10.2. The van der Waals surface area contributed by atoms with Gasteiger partial charge in [0.25, 0.3) is 0 Å². The average molecular weight is 314 g/mol. The standard InChI is InChI=1S/C16H18N4OS/c1-12(14-8-5-6-10-17-14)19-20-16(22)18-11-13-7-3-4-9-15(13)21-2/h3-10H,11H2,1-2H3,(H2,18,20,22)/b19-12-. The van der Waals surface area contributed by atoms with Gasteiger partial charge in [0.05, 0.1) is 18.5 Å². The topological polar surface area (TPSA) is 58.5 Å². The normalized spacial score (nSPS) is 10.9. The highest BCUT2D eigenvalue weighted by molar-refractivity contribution is 7.80. The molecule has 6 heteroatoms. The maximum atomic E-state index is 5.29. The third-order valence-corrected chi connectivity index (χ3v) is 3.23. The Labute approximate surface area is 135 Å². The van der Waals surface area contributed by atoms with Crippen molar-refractivity contribution in [1.29, 1.82) is 0 Å². The van der Waals surface area contributed by atoms with E-state index in [-0.39, 0.29) is 0 Å². The van der Waals surface area contributed by atoms with Gasteiger partial charge in [-0.3, -0.25) is 10.4 Å². The van der Waals surface area contributed by atoms with Crippen LogP contribution in [0.2, 0.25) is 0 Å². The second kappa shape index (κ2) is 8.09. The van der Waals surface area contributed by atoms with Gasteiger partial charge in [-0.2, -0.15) is 5.10 Å². The minimum Gasteiger partial charge on any atom is -0.496 e. The maximum Gasteiger partial charge on any atom is 0.187 e. The van der Waals surface area contributed by atoms with E-state index < -0.39 is 0 Å². The highest BCUT2D eigenvalue weighted by Crippen LogP contribution is 2.16. The number of nitrogens with one attached hydrogen (secondary N) is 2. The molecule has 1 aromatic heterocycles. The van der Waals surface area contributed by atoms with Gasteiger partial charge in [-0.25, -0.2) is 0 Å². The van der Waals surface area contributed by atoms with E-state index in [1.165, 1.54) is 0 Å². The molecule has 22 heavy (non-hydrogen) atoms. The molecule has 0 aliphatic heterocycles. The molecule has 1 aromatic carbocycles. The smallest absolute Gasteiger partial charge is 0.187 e. The minimum absolute atomic E-state index is 0.446. The third-order valence-electron chi connectivity index (χ3n) is 2.99. The summed E-state index contributed by atoms with van der Waals surface area (Å²) in [6.45, 7) is 2.44. The number of aromatic nitrogens is 1. The van der Waals surface area contributed by atoms with Crippen LogP contribution in [-0.4, -0.2) is 22.9 Å². The summed E-state index contributed by atoms with van der Waals surface area (Å²) in [7, 11) is 1.65. The highest BCUT2D eigenvalue weighted by Gasteiger charge is 2.02. The summed E-state index contributed by atoms with van der Waals surface area (Å²) in [4.78, 5) is 4.22. The number of benzene rings is 1. The molecule has 2 N–H and O–H groups in total. The monoisotopic (exact) mass is 314 g/mol. The first-order chi connectivity index (χ1) is 10.7. The van der Waals surface area contributed by atoms with Crippen LogP contribution in [0.5, 0.6) is 5.75 Å². The maximum absolute atomic E-state index is 5.29. The summed E-state index contributed by atoms with van der Waals surface area (Å²) in [6, 6.07) is 13.5. The summed E-state index contributed by atoms with van der Waals surface area (Å²) in [6.07, 6.45) is 1.73. The zero-order valence-electron chi connectivity index (χ0n) is 12.5. The summed E-state index contributed by atoms with van der Waals surface area (Å²) in [5, 5.41) is 7.76. The van der Waals surface area contributed by atoms with Crippen molar-refractivity contribution in [3.05, 3.63) is 59.9 Å². The van der Waals surface area contributed by atoms with Crippen LogP contribution in [0.25, 0.3) is 0 Å². The van der Waals surface area contributed by atoms with Gasteiger partial charge < -0.3 is 10.1 Å². The van der Waals surface area contributed by atoms with Gasteiger partial charge in [0.1, 0.15) is 5.75 Å². The van der Waals surface area contributed by atoms with E-state index >= 15 is 0 Å². The lowest BCUT2D eigenvalue weighted by Gasteiger charge is -2.11. The fraction of sp³-hybridized carbons (Fsp3) is 0.188. The van der Waals surface area contributed by atoms with Gasteiger partial charge in [-0.15, -0.1) is 0 Å². The van der Waals surface area contributed by atoms with E-state index in [1.54, 1.807) is 13.3 Å². The molecule has 0 aliphatic rings. The molecule has 0 unspecified atom stereocenters. The highest BCUT2D eigenvalue weighted by atomic mass is 32.1. The van der Waals surface area contributed by atoms with Gasteiger partial charge in [-0.05, 0) is 37.3 Å². The number of pyridine rings is 1. The van der Waals surface area contributed by atoms with Crippen molar-refractivity contribution in [2.24, 2.45) is 5.10 Å². The first kappa shape index (κ1) is 15.9. The summed E-state index contributed by atoms with van der Waals surface area (Å²) < 4.78 is 5.29. The molecular formula is C16H18N4OS. The van der Waals surface area contributed by atoms with Gasteiger partial charge in [0.15, 0.2) is 5.11 Å². The zero-order valence-corrected chi connectivity index (χ0v) is 13.4. The molecule has 1 heterocycles. The third kappa shape index (κ3) is 4.53. The molecule has 0 saturated heterocycles. The molecule has 0 saturated carbocycles. The van der Waals surface area contributed by atoms with Gasteiger partial charge in [0.2, 0.25) is 0 Å². The lowest BCUT2D eigenvalue weighted by Crippen LogP contribution is -2.32. The molecule has 2 aromatic rings. The van der Waals surface area contributed by atoms with Crippen LogP contribution in [0.3, 0.4) is 0 Å². The van der Waals surface area contributed by atoms with E-state index in [1.807, 2.05) is 49.4 Å². The quantitative estimate of drug-likeness (QED) is 0.504. The van der Waals surface area contributed by atoms with Crippen molar-refractivity contribution in [2.75, 3.05) is 7.11 Å². The second-order valence-electron chi connectivity index (χ2n) is 4.52. The van der Waals surface area contributed by atoms with Crippen molar-refractivity contribution in [2.45, 2.75) is 13.5 Å². The molecule has 0 bridgehead atoms. The zero-order chi connectivity index (χ0) is 15.8. The SMILES string of the molecule is COc1ccccc1CNC(=S)N/N=C(/C)c1ccccn1. The molecule has 0 aliphatic carbocycles. The molecule has 0 amide bonds. The summed E-state index contributed by atoms with van der Waals surface area (Å²) >= 11 is 5.21. The molecule has 0 spiro atoms. The van der Waals surface area contributed by atoms with Crippen molar-refractivity contribution < 1.29 is 4.74 Å². The average Bonchev–Trinajstić information content (AvgIpc) is 2.58. The molecule has 2 rings (SSSR count). The largest absolute Gasteiger partial charge is 0.496 e. The first-order valence-electron chi connectivity index (χ1n) is 6.82. The van der Waals surface area contributed by atoms with Crippen LogP contribution in [0.4, 0.5) is 0 Å². The fourth-order valence-corrected chi connectivity index (χ4v) is 1.95. The number of para-hydroxylation sites is 1.